The second-order valence-electron chi connectivity index (χ2n) is 2.86. The molecule has 0 radical (unpaired) electrons. The number of primary amides is 1. The second kappa shape index (κ2) is 5.35. The van der Waals surface area contributed by atoms with Crippen LogP contribution in [-0.4, -0.2) is 17.6 Å². The van der Waals surface area contributed by atoms with Crippen LogP contribution in [0.4, 0.5) is 10.5 Å². The maximum absolute atomic E-state index is 10.6. The Kier molecular flexibility index (Phi) is 4.11. The van der Waals surface area contributed by atoms with E-state index in [0.29, 0.717) is 0 Å². The minimum atomic E-state index is -1.06. The number of nitro benzene ring substituents is 1. The summed E-state index contributed by atoms with van der Waals surface area (Å²) in [6.45, 7) is 1.92. The first-order valence-corrected chi connectivity index (χ1v) is 4.91. The van der Waals surface area contributed by atoms with Gasteiger partial charge in [0.25, 0.3) is 5.69 Å². The molecule has 0 spiro atoms. The van der Waals surface area contributed by atoms with Crippen LogP contribution in [0.1, 0.15) is 6.92 Å². The molecule has 0 saturated carbocycles. The van der Waals surface area contributed by atoms with Gasteiger partial charge in [-0.15, -0.1) is 0 Å². The lowest BCUT2D eigenvalue weighted by molar-refractivity contribution is -0.384. The predicted molar refractivity (Wildman–Crippen MR) is 59.5 cm³/mol. The van der Waals surface area contributed by atoms with Crippen LogP contribution >= 0.6 is 11.6 Å². The smallest absolute Gasteiger partial charge is 0.410 e. The van der Waals surface area contributed by atoms with Gasteiger partial charge in [0, 0.05) is 6.07 Å². The number of nitrogens with zero attached hydrogens (tertiary/aromatic N) is 1. The van der Waals surface area contributed by atoms with Crippen LogP contribution in [0.15, 0.2) is 12.1 Å². The molecule has 0 heterocycles. The Balaban J connectivity index is 3.24. The SMILES string of the molecule is CCOc1cc([N+](=O)[O-])c(Cl)cc1OC(N)=O. The first kappa shape index (κ1) is 13.0. The van der Waals surface area contributed by atoms with E-state index in [2.05, 4.69) is 4.74 Å². The summed E-state index contributed by atoms with van der Waals surface area (Å²) in [4.78, 5) is 20.6. The van der Waals surface area contributed by atoms with Crippen LogP contribution in [0, 0.1) is 10.1 Å². The average molecular weight is 261 g/mol. The van der Waals surface area contributed by atoms with Gasteiger partial charge in [0.05, 0.1) is 17.6 Å². The molecule has 1 amide bonds. The Morgan fingerprint density at radius 2 is 2.18 bits per heavy atom. The number of rotatable bonds is 4. The van der Waals surface area contributed by atoms with E-state index in [0.717, 1.165) is 12.1 Å². The summed E-state index contributed by atoms with van der Waals surface area (Å²) >= 11 is 5.65. The Hall–Kier alpha value is -2.02. The van der Waals surface area contributed by atoms with E-state index in [1.165, 1.54) is 0 Å². The molecule has 0 atom stereocenters. The Labute approximate surface area is 101 Å². The number of hydrogen-bond acceptors (Lipinski definition) is 5. The number of halogens is 1. The number of hydrogen-bond donors (Lipinski definition) is 1. The predicted octanol–water partition coefficient (Wildman–Crippen LogP) is 2.10. The van der Waals surface area contributed by atoms with Gasteiger partial charge in [-0.25, -0.2) is 4.79 Å². The number of amides is 1. The van der Waals surface area contributed by atoms with E-state index < -0.39 is 11.0 Å². The fourth-order valence-electron chi connectivity index (χ4n) is 1.12. The van der Waals surface area contributed by atoms with E-state index in [4.69, 9.17) is 22.1 Å². The number of nitrogens with two attached hydrogens (primary N) is 1. The van der Waals surface area contributed by atoms with E-state index in [9.17, 15) is 14.9 Å². The Morgan fingerprint density at radius 1 is 1.53 bits per heavy atom. The number of nitro groups is 1. The van der Waals surface area contributed by atoms with Crippen molar-refractivity contribution in [3.8, 4) is 11.5 Å². The quantitative estimate of drug-likeness (QED) is 0.659. The molecular weight excluding hydrogens is 252 g/mol. The van der Waals surface area contributed by atoms with Gasteiger partial charge in [0.2, 0.25) is 0 Å². The van der Waals surface area contributed by atoms with Crippen LogP contribution < -0.4 is 15.2 Å². The standard InChI is InChI=1S/C9H9ClN2O5/c1-2-16-7-4-6(12(14)15)5(10)3-8(7)17-9(11)13/h3-4H,2H2,1H3,(H2,11,13). The minimum absolute atomic E-state index is 0.0300. The number of benzene rings is 1. The van der Waals surface area contributed by atoms with Crippen molar-refractivity contribution >= 4 is 23.4 Å². The van der Waals surface area contributed by atoms with Crippen LogP contribution in [0.3, 0.4) is 0 Å². The van der Waals surface area contributed by atoms with Gasteiger partial charge in [0.15, 0.2) is 11.5 Å². The third kappa shape index (κ3) is 3.22. The van der Waals surface area contributed by atoms with Crippen LogP contribution in [0.25, 0.3) is 0 Å². The summed E-state index contributed by atoms with van der Waals surface area (Å²) in [7, 11) is 0. The zero-order valence-corrected chi connectivity index (χ0v) is 9.56. The first-order valence-electron chi connectivity index (χ1n) is 4.53. The monoisotopic (exact) mass is 260 g/mol. The fourth-order valence-corrected chi connectivity index (χ4v) is 1.34. The largest absolute Gasteiger partial charge is 0.490 e. The van der Waals surface area contributed by atoms with E-state index in [1.807, 2.05) is 0 Å². The van der Waals surface area contributed by atoms with E-state index >= 15 is 0 Å². The highest BCUT2D eigenvalue weighted by atomic mass is 35.5. The molecule has 0 aliphatic heterocycles. The molecule has 0 aliphatic carbocycles. The molecule has 1 aromatic rings. The van der Waals surface area contributed by atoms with Crippen molar-refractivity contribution in [2.45, 2.75) is 6.92 Å². The number of ether oxygens (including phenoxy) is 2. The van der Waals surface area contributed by atoms with Crippen molar-refractivity contribution in [1.82, 2.24) is 0 Å². The van der Waals surface area contributed by atoms with Crippen molar-refractivity contribution in [2.75, 3.05) is 6.61 Å². The van der Waals surface area contributed by atoms with Gasteiger partial charge in [0.1, 0.15) is 5.02 Å². The van der Waals surface area contributed by atoms with Crippen molar-refractivity contribution in [1.29, 1.82) is 0 Å². The highest BCUT2D eigenvalue weighted by molar-refractivity contribution is 6.32. The molecule has 92 valence electrons. The lowest BCUT2D eigenvalue weighted by atomic mass is 10.3. The molecule has 0 aliphatic rings. The van der Waals surface area contributed by atoms with Gasteiger partial charge >= 0.3 is 6.09 Å². The Bertz CT molecular complexity index is 463. The van der Waals surface area contributed by atoms with E-state index in [-0.39, 0.29) is 28.8 Å². The molecule has 8 heteroatoms. The lowest BCUT2D eigenvalue weighted by Crippen LogP contribution is -2.17. The van der Waals surface area contributed by atoms with Crippen molar-refractivity contribution in [3.63, 3.8) is 0 Å². The normalized spacial score (nSPS) is 9.76. The van der Waals surface area contributed by atoms with Gasteiger partial charge in [-0.1, -0.05) is 11.6 Å². The molecule has 1 rings (SSSR count). The summed E-state index contributed by atoms with van der Waals surface area (Å²) in [5, 5.41) is 10.5. The molecule has 0 bridgehead atoms. The van der Waals surface area contributed by atoms with Crippen molar-refractivity contribution in [3.05, 3.63) is 27.3 Å². The second-order valence-corrected chi connectivity index (χ2v) is 3.27. The molecule has 17 heavy (non-hydrogen) atoms. The summed E-state index contributed by atoms with van der Waals surface area (Å²) in [5.41, 5.74) is 4.50. The van der Waals surface area contributed by atoms with E-state index in [1.54, 1.807) is 6.92 Å². The molecular formula is C9H9ClN2O5. The molecule has 0 aromatic heterocycles. The number of carbonyl (C=O) groups excluding carboxylic acids is 1. The molecule has 0 unspecified atom stereocenters. The molecule has 1 aromatic carbocycles. The third-order valence-electron chi connectivity index (χ3n) is 1.72. The highest BCUT2D eigenvalue weighted by Crippen LogP contribution is 2.37. The zero-order chi connectivity index (χ0) is 13.0. The zero-order valence-electron chi connectivity index (χ0n) is 8.81. The fraction of sp³-hybridized carbons (Fsp3) is 0.222. The van der Waals surface area contributed by atoms with Crippen LogP contribution in [0.5, 0.6) is 11.5 Å². The maximum Gasteiger partial charge on any atom is 0.410 e. The summed E-state index contributed by atoms with van der Waals surface area (Å²) in [6, 6.07) is 2.18. The van der Waals surface area contributed by atoms with Gasteiger partial charge < -0.3 is 15.2 Å². The van der Waals surface area contributed by atoms with Crippen LogP contribution in [-0.2, 0) is 0 Å². The van der Waals surface area contributed by atoms with Crippen molar-refractivity contribution < 1.29 is 19.2 Å². The maximum atomic E-state index is 10.6. The van der Waals surface area contributed by atoms with Gasteiger partial charge in [-0.05, 0) is 6.92 Å². The first-order chi connectivity index (χ1) is 7.95. The van der Waals surface area contributed by atoms with Gasteiger partial charge in [-0.2, -0.15) is 0 Å². The molecule has 0 fully saturated rings. The number of carbonyl (C=O) groups is 1. The summed E-state index contributed by atoms with van der Waals surface area (Å²) < 4.78 is 9.71. The molecule has 2 N–H and O–H groups in total. The topological polar surface area (TPSA) is 105 Å². The summed E-state index contributed by atoms with van der Waals surface area (Å²) in [5.74, 6) is -0.0302. The van der Waals surface area contributed by atoms with Crippen molar-refractivity contribution in [2.24, 2.45) is 5.73 Å². The molecule has 0 saturated heterocycles. The molecule has 7 nitrogen and oxygen atoms in total. The van der Waals surface area contributed by atoms with Crippen LogP contribution in [0.2, 0.25) is 5.02 Å². The highest BCUT2D eigenvalue weighted by Gasteiger charge is 2.19. The average Bonchev–Trinajstić information content (AvgIpc) is 2.20. The summed E-state index contributed by atoms with van der Waals surface area (Å²) in [6.07, 6.45) is -1.06. The minimum Gasteiger partial charge on any atom is -0.490 e. The lowest BCUT2D eigenvalue weighted by Gasteiger charge is -2.09. The third-order valence-corrected chi connectivity index (χ3v) is 2.02. The Morgan fingerprint density at radius 3 is 2.65 bits per heavy atom. The van der Waals surface area contributed by atoms with Gasteiger partial charge in [-0.3, -0.25) is 10.1 Å².